The molecule has 82 valence electrons. The van der Waals surface area contributed by atoms with Gasteiger partial charge < -0.3 is 5.11 Å². The highest BCUT2D eigenvalue weighted by molar-refractivity contribution is 5.39. The average molecular weight is 204 g/mol. The minimum absolute atomic E-state index is 0.414. The Morgan fingerprint density at radius 1 is 1.27 bits per heavy atom. The summed E-state index contributed by atoms with van der Waals surface area (Å²) in [6.45, 7) is 12.0. The van der Waals surface area contributed by atoms with Crippen LogP contribution in [0.5, 0.6) is 0 Å². The molecule has 1 aromatic rings. The molecule has 0 radical (unpaired) electrons. The lowest BCUT2D eigenvalue weighted by Crippen LogP contribution is -2.03. The van der Waals surface area contributed by atoms with Crippen LogP contribution in [0.2, 0.25) is 0 Å². The molecule has 0 saturated heterocycles. The Labute approximate surface area is 92.5 Å². The van der Waals surface area contributed by atoms with Crippen LogP contribution in [0.3, 0.4) is 0 Å². The van der Waals surface area contributed by atoms with Crippen molar-refractivity contribution < 1.29 is 5.11 Å². The zero-order chi connectivity index (χ0) is 11.6. The molecule has 1 atom stereocenters. The molecule has 0 aliphatic heterocycles. The number of rotatable bonds is 3. The van der Waals surface area contributed by atoms with Gasteiger partial charge in [0.15, 0.2) is 0 Å². The van der Waals surface area contributed by atoms with Crippen molar-refractivity contribution in [2.45, 2.75) is 40.2 Å². The predicted octanol–water partition coefficient (Wildman–Crippen LogP) is 3.61. The fourth-order valence-electron chi connectivity index (χ4n) is 2.15. The molecule has 0 aliphatic rings. The summed E-state index contributed by atoms with van der Waals surface area (Å²) in [4.78, 5) is 0. The van der Waals surface area contributed by atoms with Gasteiger partial charge in [-0.15, -0.1) is 6.58 Å². The third-order valence-corrected chi connectivity index (χ3v) is 2.61. The molecule has 0 heterocycles. The van der Waals surface area contributed by atoms with E-state index in [1.54, 1.807) is 0 Å². The van der Waals surface area contributed by atoms with Gasteiger partial charge in [-0.05, 0) is 50.8 Å². The fraction of sp³-hybridized carbons (Fsp3) is 0.429. The minimum atomic E-state index is -0.414. The van der Waals surface area contributed by atoms with E-state index in [0.29, 0.717) is 6.42 Å². The summed E-state index contributed by atoms with van der Waals surface area (Å²) in [5.41, 5.74) is 5.66. The predicted molar refractivity (Wildman–Crippen MR) is 65.0 cm³/mol. The van der Waals surface area contributed by atoms with Gasteiger partial charge in [0.05, 0.1) is 6.10 Å². The monoisotopic (exact) mass is 204 g/mol. The first kappa shape index (κ1) is 12.0. The van der Waals surface area contributed by atoms with Crippen LogP contribution in [0.1, 0.15) is 41.7 Å². The lowest BCUT2D eigenvalue weighted by molar-refractivity contribution is 0.177. The maximum absolute atomic E-state index is 10.1. The van der Waals surface area contributed by atoms with E-state index in [2.05, 4.69) is 39.5 Å². The number of benzene rings is 1. The summed E-state index contributed by atoms with van der Waals surface area (Å²) >= 11 is 0. The van der Waals surface area contributed by atoms with E-state index in [-0.39, 0.29) is 0 Å². The fourth-order valence-corrected chi connectivity index (χ4v) is 2.15. The lowest BCUT2D eigenvalue weighted by atomic mass is 9.93. The van der Waals surface area contributed by atoms with Crippen LogP contribution in [0.15, 0.2) is 24.3 Å². The van der Waals surface area contributed by atoms with Crippen molar-refractivity contribution >= 4 is 0 Å². The quantitative estimate of drug-likeness (QED) is 0.746. The topological polar surface area (TPSA) is 20.2 Å². The first-order valence-electron chi connectivity index (χ1n) is 5.32. The Balaban J connectivity index is 3.08. The van der Waals surface area contributed by atoms with Crippen LogP contribution in [-0.2, 0) is 0 Å². The lowest BCUT2D eigenvalue weighted by Gasteiger charge is -2.17. The molecule has 1 heteroatoms. The van der Waals surface area contributed by atoms with E-state index in [1.165, 1.54) is 16.7 Å². The number of hydrogen-bond donors (Lipinski definition) is 1. The van der Waals surface area contributed by atoms with Gasteiger partial charge >= 0.3 is 0 Å². The van der Waals surface area contributed by atoms with Gasteiger partial charge in [-0.3, -0.25) is 0 Å². The molecule has 0 aromatic heterocycles. The highest BCUT2D eigenvalue weighted by atomic mass is 16.3. The van der Waals surface area contributed by atoms with Crippen LogP contribution < -0.4 is 0 Å². The molecule has 0 spiro atoms. The maximum Gasteiger partial charge on any atom is 0.0832 e. The second-order valence-electron chi connectivity index (χ2n) is 4.49. The molecule has 1 N–H and O–H groups in total. The Bertz CT molecular complexity index is 354. The molecular weight excluding hydrogens is 184 g/mol. The van der Waals surface area contributed by atoms with Gasteiger partial charge in [0.2, 0.25) is 0 Å². The SMILES string of the molecule is C=C(C)CC(O)c1c(C)cc(C)cc1C. The molecule has 0 bridgehead atoms. The summed E-state index contributed by atoms with van der Waals surface area (Å²) in [7, 11) is 0. The van der Waals surface area contributed by atoms with E-state index in [9.17, 15) is 5.11 Å². The van der Waals surface area contributed by atoms with Gasteiger partial charge in [0.25, 0.3) is 0 Å². The zero-order valence-corrected chi connectivity index (χ0v) is 10.1. The molecule has 1 aromatic carbocycles. The number of aliphatic hydroxyl groups excluding tert-OH is 1. The molecule has 1 rings (SSSR count). The second-order valence-corrected chi connectivity index (χ2v) is 4.49. The molecule has 15 heavy (non-hydrogen) atoms. The molecular formula is C14H20O. The van der Waals surface area contributed by atoms with E-state index >= 15 is 0 Å². The average Bonchev–Trinajstić information content (AvgIpc) is 1.99. The Morgan fingerprint density at radius 3 is 2.13 bits per heavy atom. The highest BCUT2D eigenvalue weighted by Gasteiger charge is 2.13. The van der Waals surface area contributed by atoms with E-state index in [0.717, 1.165) is 11.1 Å². The van der Waals surface area contributed by atoms with Crippen LogP contribution in [0, 0.1) is 20.8 Å². The van der Waals surface area contributed by atoms with Crippen molar-refractivity contribution in [3.05, 3.63) is 46.5 Å². The molecule has 0 saturated carbocycles. The van der Waals surface area contributed by atoms with Crippen LogP contribution in [0.25, 0.3) is 0 Å². The standard InChI is InChI=1S/C14H20O/c1-9(2)6-13(15)14-11(4)7-10(3)8-12(14)5/h7-8,13,15H,1,6H2,2-5H3. The highest BCUT2D eigenvalue weighted by Crippen LogP contribution is 2.27. The molecule has 0 fully saturated rings. The molecule has 0 amide bonds. The summed E-state index contributed by atoms with van der Waals surface area (Å²) in [5.74, 6) is 0. The van der Waals surface area contributed by atoms with Crippen molar-refractivity contribution in [2.24, 2.45) is 0 Å². The minimum Gasteiger partial charge on any atom is -0.388 e. The van der Waals surface area contributed by atoms with Gasteiger partial charge in [-0.1, -0.05) is 23.3 Å². The molecule has 1 unspecified atom stereocenters. The maximum atomic E-state index is 10.1. The summed E-state index contributed by atoms with van der Waals surface area (Å²) in [5, 5.41) is 10.1. The van der Waals surface area contributed by atoms with Crippen molar-refractivity contribution in [1.29, 1.82) is 0 Å². The molecule has 0 aliphatic carbocycles. The largest absolute Gasteiger partial charge is 0.388 e. The van der Waals surface area contributed by atoms with Gasteiger partial charge in [0, 0.05) is 0 Å². The van der Waals surface area contributed by atoms with E-state index in [1.807, 2.05) is 6.92 Å². The van der Waals surface area contributed by atoms with Crippen LogP contribution in [0.4, 0.5) is 0 Å². The van der Waals surface area contributed by atoms with E-state index < -0.39 is 6.10 Å². The Morgan fingerprint density at radius 2 is 1.73 bits per heavy atom. The number of hydrogen-bond acceptors (Lipinski definition) is 1. The normalized spacial score (nSPS) is 12.6. The van der Waals surface area contributed by atoms with Crippen molar-refractivity contribution in [1.82, 2.24) is 0 Å². The van der Waals surface area contributed by atoms with Crippen molar-refractivity contribution in [3.8, 4) is 0 Å². The van der Waals surface area contributed by atoms with Crippen molar-refractivity contribution in [2.75, 3.05) is 0 Å². The number of aliphatic hydroxyl groups is 1. The van der Waals surface area contributed by atoms with Crippen LogP contribution >= 0.6 is 0 Å². The Hall–Kier alpha value is -1.08. The van der Waals surface area contributed by atoms with Crippen molar-refractivity contribution in [3.63, 3.8) is 0 Å². The summed E-state index contributed by atoms with van der Waals surface area (Å²) in [6, 6.07) is 4.23. The smallest absolute Gasteiger partial charge is 0.0832 e. The summed E-state index contributed by atoms with van der Waals surface area (Å²) in [6.07, 6.45) is 0.230. The zero-order valence-electron chi connectivity index (χ0n) is 10.1. The third-order valence-electron chi connectivity index (χ3n) is 2.61. The third kappa shape index (κ3) is 2.93. The van der Waals surface area contributed by atoms with Gasteiger partial charge in [0.1, 0.15) is 0 Å². The van der Waals surface area contributed by atoms with E-state index in [4.69, 9.17) is 0 Å². The molecule has 1 nitrogen and oxygen atoms in total. The van der Waals surface area contributed by atoms with Gasteiger partial charge in [-0.25, -0.2) is 0 Å². The Kier molecular flexibility index (Phi) is 3.70. The second kappa shape index (κ2) is 4.63. The van der Waals surface area contributed by atoms with Crippen LogP contribution in [-0.4, -0.2) is 5.11 Å². The summed E-state index contributed by atoms with van der Waals surface area (Å²) < 4.78 is 0. The number of aryl methyl sites for hydroxylation is 3. The van der Waals surface area contributed by atoms with Gasteiger partial charge in [-0.2, -0.15) is 0 Å². The first-order valence-corrected chi connectivity index (χ1v) is 5.32. The first-order chi connectivity index (χ1) is 6.91.